The summed E-state index contributed by atoms with van der Waals surface area (Å²) in [5, 5.41) is 6.55. The van der Waals surface area contributed by atoms with E-state index in [4.69, 9.17) is 18.6 Å². The number of furan rings is 1. The van der Waals surface area contributed by atoms with E-state index in [9.17, 15) is 4.79 Å². The van der Waals surface area contributed by atoms with Gasteiger partial charge in [-0.3, -0.25) is 0 Å². The Morgan fingerprint density at radius 1 is 1.13 bits per heavy atom. The number of hydrogen-bond acceptors (Lipinski definition) is 6. The molecule has 170 valence electrons. The number of carbonyl (C=O) groups excluding carboxylic acids is 1. The molecule has 2 rings (SSSR count). The number of carbonyl (C=O) groups is 1. The Hall–Kier alpha value is -3.16. The Kier molecular flexibility index (Phi) is 9.74. The van der Waals surface area contributed by atoms with Crippen LogP contribution in [0.15, 0.2) is 33.7 Å². The summed E-state index contributed by atoms with van der Waals surface area (Å²) < 4.78 is 21.3. The number of aryl methyl sites for hydroxylation is 2. The zero-order valence-corrected chi connectivity index (χ0v) is 19.0. The second-order valence-corrected chi connectivity index (χ2v) is 6.82. The summed E-state index contributed by atoms with van der Waals surface area (Å²) in [4.78, 5) is 16.3. The van der Waals surface area contributed by atoms with Gasteiger partial charge in [0.1, 0.15) is 23.6 Å². The van der Waals surface area contributed by atoms with E-state index in [0.29, 0.717) is 36.2 Å². The largest absolute Gasteiger partial charge is 0.493 e. The molecule has 0 saturated carbocycles. The number of rotatable bonds is 11. The lowest BCUT2D eigenvalue weighted by molar-refractivity contribution is 0.0599. The van der Waals surface area contributed by atoms with Crippen LogP contribution < -0.4 is 20.1 Å². The second-order valence-electron chi connectivity index (χ2n) is 6.82. The Labute approximate surface area is 184 Å². The first-order chi connectivity index (χ1) is 15.0. The molecule has 0 bridgehead atoms. The first-order valence-electron chi connectivity index (χ1n) is 10.5. The lowest BCUT2D eigenvalue weighted by Gasteiger charge is -2.12. The summed E-state index contributed by atoms with van der Waals surface area (Å²) in [6.45, 7) is 8.12. The minimum Gasteiger partial charge on any atom is -0.493 e. The van der Waals surface area contributed by atoms with E-state index in [1.807, 2.05) is 26.0 Å². The molecule has 0 amide bonds. The van der Waals surface area contributed by atoms with Crippen LogP contribution in [0.3, 0.4) is 0 Å². The number of aliphatic imine (C=N–C) groups is 1. The molecule has 0 aliphatic rings. The maximum atomic E-state index is 11.7. The number of hydrogen-bond donors (Lipinski definition) is 2. The average molecular weight is 432 g/mol. The number of benzene rings is 1. The first-order valence-corrected chi connectivity index (χ1v) is 10.5. The standard InChI is InChI=1S/C23H33N3O5/c1-6-24-23(26-15-18-14-19(16(3)31-18)22(27)29-5)25-12-8-9-17-10-11-20(28-4)21(13-17)30-7-2/h10-11,13-14H,6-9,12,15H2,1-5H3,(H2,24,25,26). The summed E-state index contributed by atoms with van der Waals surface area (Å²) in [5.74, 6) is 2.94. The molecule has 31 heavy (non-hydrogen) atoms. The molecule has 1 heterocycles. The van der Waals surface area contributed by atoms with Gasteiger partial charge in [0.05, 0.1) is 20.8 Å². The van der Waals surface area contributed by atoms with E-state index in [1.165, 1.54) is 12.7 Å². The summed E-state index contributed by atoms with van der Waals surface area (Å²) >= 11 is 0. The molecule has 0 aliphatic heterocycles. The number of methoxy groups -OCH3 is 2. The Bertz CT molecular complexity index is 876. The van der Waals surface area contributed by atoms with E-state index < -0.39 is 5.97 Å². The Morgan fingerprint density at radius 2 is 1.94 bits per heavy atom. The summed E-state index contributed by atoms with van der Waals surface area (Å²) in [6.07, 6.45) is 1.82. The van der Waals surface area contributed by atoms with E-state index in [-0.39, 0.29) is 0 Å². The van der Waals surface area contributed by atoms with Crippen molar-refractivity contribution in [2.45, 2.75) is 40.2 Å². The molecule has 0 fully saturated rings. The van der Waals surface area contributed by atoms with Crippen LogP contribution in [-0.4, -0.2) is 45.8 Å². The van der Waals surface area contributed by atoms with Crippen molar-refractivity contribution in [3.05, 3.63) is 46.9 Å². The van der Waals surface area contributed by atoms with Gasteiger partial charge >= 0.3 is 5.97 Å². The van der Waals surface area contributed by atoms with Crippen molar-refractivity contribution in [1.29, 1.82) is 0 Å². The van der Waals surface area contributed by atoms with Crippen LogP contribution >= 0.6 is 0 Å². The molecule has 0 spiro atoms. The quantitative estimate of drug-likeness (QED) is 0.243. The molecule has 8 nitrogen and oxygen atoms in total. The Morgan fingerprint density at radius 3 is 2.61 bits per heavy atom. The summed E-state index contributed by atoms with van der Waals surface area (Å²) in [5.41, 5.74) is 1.62. The lowest BCUT2D eigenvalue weighted by Crippen LogP contribution is -2.37. The van der Waals surface area contributed by atoms with E-state index >= 15 is 0 Å². The van der Waals surface area contributed by atoms with E-state index in [0.717, 1.165) is 37.4 Å². The molecular weight excluding hydrogens is 398 g/mol. The monoisotopic (exact) mass is 431 g/mol. The minimum absolute atomic E-state index is 0.323. The zero-order valence-electron chi connectivity index (χ0n) is 19.0. The lowest BCUT2D eigenvalue weighted by atomic mass is 10.1. The first kappa shape index (κ1) is 24.1. The molecule has 1 aromatic carbocycles. The summed E-state index contributed by atoms with van der Waals surface area (Å²) in [6, 6.07) is 7.69. The van der Waals surface area contributed by atoms with Gasteiger partial charge in [0.25, 0.3) is 0 Å². The molecule has 0 atom stereocenters. The number of nitrogens with one attached hydrogen (secondary N) is 2. The predicted octanol–water partition coefficient (Wildman–Crippen LogP) is 3.47. The van der Waals surface area contributed by atoms with Crippen LogP contribution in [0.2, 0.25) is 0 Å². The van der Waals surface area contributed by atoms with Crippen molar-refractivity contribution < 1.29 is 23.4 Å². The molecule has 0 radical (unpaired) electrons. The zero-order chi connectivity index (χ0) is 22.6. The highest BCUT2D eigenvalue weighted by Gasteiger charge is 2.15. The van der Waals surface area contributed by atoms with Gasteiger partial charge in [-0.1, -0.05) is 6.07 Å². The van der Waals surface area contributed by atoms with Crippen LogP contribution in [0.5, 0.6) is 11.5 Å². The van der Waals surface area contributed by atoms with Gasteiger partial charge in [-0.15, -0.1) is 0 Å². The molecule has 1 aromatic heterocycles. The molecule has 0 unspecified atom stereocenters. The van der Waals surface area contributed by atoms with Crippen molar-refractivity contribution in [1.82, 2.24) is 10.6 Å². The average Bonchev–Trinajstić information content (AvgIpc) is 3.15. The molecule has 0 aliphatic carbocycles. The number of esters is 1. The predicted molar refractivity (Wildman–Crippen MR) is 120 cm³/mol. The van der Waals surface area contributed by atoms with Crippen molar-refractivity contribution in [2.75, 3.05) is 33.9 Å². The molecular formula is C23H33N3O5. The third-order valence-corrected chi connectivity index (χ3v) is 4.57. The van der Waals surface area contributed by atoms with Gasteiger partial charge in [0.2, 0.25) is 0 Å². The number of guanidine groups is 1. The van der Waals surface area contributed by atoms with Gasteiger partial charge in [-0.05, 0) is 57.4 Å². The smallest absolute Gasteiger partial charge is 0.341 e. The number of ether oxygens (including phenoxy) is 3. The molecule has 2 N–H and O–H groups in total. The highest BCUT2D eigenvalue weighted by molar-refractivity contribution is 5.90. The molecule has 2 aromatic rings. The number of nitrogens with zero attached hydrogens (tertiary/aromatic N) is 1. The van der Waals surface area contributed by atoms with Crippen LogP contribution in [0, 0.1) is 6.92 Å². The van der Waals surface area contributed by atoms with Crippen LogP contribution in [0.4, 0.5) is 0 Å². The third kappa shape index (κ3) is 7.24. The van der Waals surface area contributed by atoms with Gasteiger partial charge in [0, 0.05) is 13.1 Å². The van der Waals surface area contributed by atoms with Crippen molar-refractivity contribution in [3.63, 3.8) is 0 Å². The van der Waals surface area contributed by atoms with Crippen molar-refractivity contribution in [2.24, 2.45) is 4.99 Å². The maximum Gasteiger partial charge on any atom is 0.341 e. The summed E-state index contributed by atoms with van der Waals surface area (Å²) in [7, 11) is 2.99. The van der Waals surface area contributed by atoms with Crippen LogP contribution in [0.1, 0.15) is 47.7 Å². The Balaban J connectivity index is 1.90. The van der Waals surface area contributed by atoms with Gasteiger partial charge in [-0.2, -0.15) is 0 Å². The highest BCUT2D eigenvalue weighted by atomic mass is 16.5. The molecule has 8 heteroatoms. The van der Waals surface area contributed by atoms with Crippen molar-refractivity contribution >= 4 is 11.9 Å². The SMILES string of the molecule is CCNC(=NCc1cc(C(=O)OC)c(C)o1)NCCCc1ccc(OC)c(OCC)c1. The fourth-order valence-electron chi connectivity index (χ4n) is 3.08. The van der Waals surface area contributed by atoms with E-state index in [1.54, 1.807) is 20.1 Å². The fraction of sp³-hybridized carbons (Fsp3) is 0.478. The topological polar surface area (TPSA) is 94.3 Å². The van der Waals surface area contributed by atoms with Gasteiger partial charge in [-0.25, -0.2) is 9.79 Å². The maximum absolute atomic E-state index is 11.7. The minimum atomic E-state index is -0.410. The second kappa shape index (κ2) is 12.5. The van der Waals surface area contributed by atoms with Crippen molar-refractivity contribution in [3.8, 4) is 11.5 Å². The van der Waals surface area contributed by atoms with E-state index in [2.05, 4.69) is 21.7 Å². The fourth-order valence-corrected chi connectivity index (χ4v) is 3.08. The highest BCUT2D eigenvalue weighted by Crippen LogP contribution is 2.28. The normalized spacial score (nSPS) is 11.2. The van der Waals surface area contributed by atoms with Gasteiger partial charge < -0.3 is 29.3 Å². The van der Waals surface area contributed by atoms with Gasteiger partial charge in [0.15, 0.2) is 17.5 Å². The van der Waals surface area contributed by atoms with Crippen LogP contribution in [-0.2, 0) is 17.7 Å². The third-order valence-electron chi connectivity index (χ3n) is 4.57. The molecule has 0 saturated heterocycles. The van der Waals surface area contributed by atoms with Crippen LogP contribution in [0.25, 0.3) is 0 Å².